The summed E-state index contributed by atoms with van der Waals surface area (Å²) in [6, 6.07) is 28.2. The fraction of sp³-hybridized carbons (Fsp3) is 0.0526. The number of hydrogen-bond donors (Lipinski definition) is 1. The van der Waals surface area contributed by atoms with Crippen LogP contribution in [-0.4, -0.2) is 11.6 Å². The molecule has 0 aromatic heterocycles. The molecule has 3 aromatic rings. The molecule has 0 saturated heterocycles. The second-order valence-electron chi connectivity index (χ2n) is 5.41. The third kappa shape index (κ3) is 3.79. The molecule has 0 aliphatic carbocycles. The Kier molecular flexibility index (Phi) is 4.78. The van der Waals surface area contributed by atoms with E-state index in [-0.39, 0.29) is 0 Å². The molecule has 0 saturated carbocycles. The van der Waals surface area contributed by atoms with Crippen LogP contribution in [0.15, 0.2) is 84.9 Å². The summed E-state index contributed by atoms with van der Waals surface area (Å²) in [5, 5.41) is 4.06. The van der Waals surface area contributed by atoms with Crippen molar-refractivity contribution in [2.75, 3.05) is 6.66 Å². The third-order valence-corrected chi connectivity index (χ3v) is 7.26. The standard InChI is InChI=1S/C19H18O2P2/c1-23(20,21)19-14-8-13-18(15-19)22(16-9-4-2-5-10-16)17-11-6-3-7-12-17/h2-15H,1H3,(H,20,21). The van der Waals surface area contributed by atoms with Crippen LogP contribution in [0.3, 0.4) is 0 Å². The highest BCUT2D eigenvalue weighted by molar-refractivity contribution is 7.80. The van der Waals surface area contributed by atoms with Crippen molar-refractivity contribution in [3.05, 3.63) is 84.9 Å². The summed E-state index contributed by atoms with van der Waals surface area (Å²) in [7, 11) is -4.00. The van der Waals surface area contributed by atoms with Crippen molar-refractivity contribution < 1.29 is 9.46 Å². The van der Waals surface area contributed by atoms with Crippen molar-refractivity contribution in [1.29, 1.82) is 0 Å². The molecule has 0 heterocycles. The average molecular weight is 340 g/mol. The number of rotatable bonds is 4. The molecule has 4 heteroatoms. The summed E-state index contributed by atoms with van der Waals surface area (Å²) in [6.07, 6.45) is 0. The first-order valence-corrected chi connectivity index (χ1v) is 10.8. The zero-order valence-electron chi connectivity index (χ0n) is 12.8. The molecule has 0 bridgehead atoms. The fourth-order valence-electron chi connectivity index (χ4n) is 2.49. The minimum absolute atomic E-state index is 0.509. The lowest BCUT2D eigenvalue weighted by atomic mass is 10.3. The number of benzene rings is 3. The maximum absolute atomic E-state index is 12.0. The minimum Gasteiger partial charge on any atom is -0.341 e. The van der Waals surface area contributed by atoms with Gasteiger partial charge in [-0.25, -0.2) is 0 Å². The Morgan fingerprint density at radius 3 is 1.70 bits per heavy atom. The molecule has 0 aliphatic rings. The molecule has 23 heavy (non-hydrogen) atoms. The van der Waals surface area contributed by atoms with Gasteiger partial charge in [-0.1, -0.05) is 72.8 Å². The zero-order valence-corrected chi connectivity index (χ0v) is 14.6. The molecular formula is C19H18O2P2. The van der Waals surface area contributed by atoms with Crippen LogP contribution in [0.5, 0.6) is 0 Å². The van der Waals surface area contributed by atoms with Gasteiger partial charge in [0.25, 0.3) is 0 Å². The molecular weight excluding hydrogens is 322 g/mol. The molecule has 116 valence electrons. The van der Waals surface area contributed by atoms with Gasteiger partial charge in [0.05, 0.1) is 0 Å². The van der Waals surface area contributed by atoms with Gasteiger partial charge in [-0.15, -0.1) is 0 Å². The molecule has 1 N–H and O–H groups in total. The summed E-state index contributed by atoms with van der Waals surface area (Å²) < 4.78 is 12.0. The Morgan fingerprint density at radius 2 is 1.22 bits per heavy atom. The summed E-state index contributed by atoms with van der Waals surface area (Å²) in [6.45, 7) is 1.39. The van der Waals surface area contributed by atoms with Gasteiger partial charge < -0.3 is 4.89 Å². The van der Waals surface area contributed by atoms with E-state index < -0.39 is 15.3 Å². The van der Waals surface area contributed by atoms with Crippen molar-refractivity contribution in [1.82, 2.24) is 0 Å². The Morgan fingerprint density at radius 1 is 0.739 bits per heavy atom. The van der Waals surface area contributed by atoms with Gasteiger partial charge in [-0.05, 0) is 36.0 Å². The van der Waals surface area contributed by atoms with Crippen molar-refractivity contribution in [2.24, 2.45) is 0 Å². The molecule has 0 amide bonds. The molecule has 2 nitrogen and oxygen atoms in total. The van der Waals surface area contributed by atoms with Crippen molar-refractivity contribution in [2.45, 2.75) is 0 Å². The van der Waals surface area contributed by atoms with Crippen LogP contribution in [-0.2, 0) is 4.57 Å². The van der Waals surface area contributed by atoms with Gasteiger partial charge in [-0.2, -0.15) is 0 Å². The summed E-state index contributed by atoms with van der Waals surface area (Å²) in [4.78, 5) is 9.90. The molecule has 0 fully saturated rings. The minimum atomic E-state index is -3.26. The van der Waals surface area contributed by atoms with Gasteiger partial charge in [-0.3, -0.25) is 4.57 Å². The zero-order chi connectivity index (χ0) is 16.3. The smallest absolute Gasteiger partial charge is 0.226 e. The van der Waals surface area contributed by atoms with Crippen LogP contribution in [0.1, 0.15) is 0 Å². The van der Waals surface area contributed by atoms with E-state index >= 15 is 0 Å². The topological polar surface area (TPSA) is 37.3 Å². The van der Waals surface area contributed by atoms with Crippen molar-refractivity contribution in [3.63, 3.8) is 0 Å². The predicted octanol–water partition coefficient (Wildman–Crippen LogP) is 2.97. The highest BCUT2D eigenvalue weighted by Crippen LogP contribution is 2.36. The Labute approximate surface area is 138 Å². The molecule has 0 radical (unpaired) electrons. The lowest BCUT2D eigenvalue weighted by Crippen LogP contribution is -2.22. The first-order chi connectivity index (χ1) is 11.1. The number of hydrogen-bond acceptors (Lipinski definition) is 1. The third-order valence-electron chi connectivity index (χ3n) is 3.60. The van der Waals surface area contributed by atoms with Gasteiger partial charge in [0.15, 0.2) is 0 Å². The maximum Gasteiger partial charge on any atom is 0.226 e. The quantitative estimate of drug-likeness (QED) is 0.742. The highest BCUT2D eigenvalue weighted by Gasteiger charge is 2.19. The van der Waals surface area contributed by atoms with Crippen LogP contribution in [0.2, 0.25) is 0 Å². The van der Waals surface area contributed by atoms with E-state index in [4.69, 9.17) is 0 Å². The summed E-state index contributed by atoms with van der Waals surface area (Å²) >= 11 is 0. The lowest BCUT2D eigenvalue weighted by Gasteiger charge is -2.20. The van der Waals surface area contributed by atoms with Crippen molar-refractivity contribution in [3.8, 4) is 0 Å². The molecule has 3 aromatic carbocycles. The van der Waals surface area contributed by atoms with E-state index in [0.29, 0.717) is 5.30 Å². The van der Waals surface area contributed by atoms with Crippen LogP contribution in [0.25, 0.3) is 0 Å². The van der Waals surface area contributed by atoms with E-state index in [2.05, 4.69) is 24.3 Å². The summed E-state index contributed by atoms with van der Waals surface area (Å²) in [5.74, 6) is 0. The fourth-order valence-corrected chi connectivity index (χ4v) is 5.67. The van der Waals surface area contributed by atoms with Crippen LogP contribution in [0, 0.1) is 0 Å². The van der Waals surface area contributed by atoms with Crippen LogP contribution in [0.4, 0.5) is 0 Å². The molecule has 1 atom stereocenters. The second kappa shape index (κ2) is 6.81. The van der Waals surface area contributed by atoms with E-state index in [1.54, 1.807) is 6.07 Å². The molecule has 0 aliphatic heterocycles. The van der Waals surface area contributed by atoms with Crippen LogP contribution >= 0.6 is 15.3 Å². The maximum atomic E-state index is 12.0. The average Bonchev–Trinajstić information content (AvgIpc) is 2.57. The monoisotopic (exact) mass is 340 g/mol. The Balaban J connectivity index is 2.15. The Hall–Kier alpha value is -1.72. The predicted molar refractivity (Wildman–Crippen MR) is 101 cm³/mol. The molecule has 3 rings (SSSR count). The van der Waals surface area contributed by atoms with E-state index in [1.807, 2.05) is 54.6 Å². The van der Waals surface area contributed by atoms with E-state index in [1.165, 1.54) is 17.3 Å². The lowest BCUT2D eigenvalue weighted by molar-refractivity contribution is 0.496. The first-order valence-electron chi connectivity index (χ1n) is 7.37. The van der Waals surface area contributed by atoms with Gasteiger partial charge in [0.1, 0.15) is 0 Å². The molecule has 0 spiro atoms. The van der Waals surface area contributed by atoms with Gasteiger partial charge in [0.2, 0.25) is 7.37 Å². The van der Waals surface area contributed by atoms with E-state index in [0.717, 1.165) is 5.30 Å². The second-order valence-corrected chi connectivity index (χ2v) is 9.90. The van der Waals surface area contributed by atoms with E-state index in [9.17, 15) is 9.46 Å². The largest absolute Gasteiger partial charge is 0.341 e. The highest BCUT2D eigenvalue weighted by atomic mass is 31.2. The van der Waals surface area contributed by atoms with Crippen LogP contribution < -0.4 is 21.2 Å². The summed E-state index contributed by atoms with van der Waals surface area (Å²) in [5.41, 5.74) is 0. The first kappa shape index (κ1) is 16.1. The van der Waals surface area contributed by atoms with Gasteiger partial charge in [0, 0.05) is 12.0 Å². The molecule has 1 unspecified atom stereocenters. The van der Waals surface area contributed by atoms with Crippen molar-refractivity contribution >= 4 is 36.5 Å². The normalized spacial score (nSPS) is 13.7. The van der Waals surface area contributed by atoms with Gasteiger partial charge >= 0.3 is 0 Å². The SMILES string of the molecule is CP(=O)(O)c1cccc(P(c2ccccc2)c2ccccc2)c1. The Bertz CT molecular complexity index is 787.